The molecule has 0 heterocycles. The van der Waals surface area contributed by atoms with Crippen molar-refractivity contribution in [3.05, 3.63) is 11.9 Å². The molecule has 0 spiro atoms. The third-order valence-electron chi connectivity index (χ3n) is 7.35. The summed E-state index contributed by atoms with van der Waals surface area (Å²) in [5.74, 6) is 6.18. The first-order valence-corrected chi connectivity index (χ1v) is 16.7. The maximum atomic E-state index is 8.99. The first kappa shape index (κ1) is 38.2. The van der Waals surface area contributed by atoms with E-state index in [2.05, 4.69) is 11.8 Å². The van der Waals surface area contributed by atoms with Gasteiger partial charge in [0.25, 0.3) is 0 Å². The second kappa shape index (κ2) is 27.4. The molecule has 5 N–H and O–H groups in total. The van der Waals surface area contributed by atoms with E-state index in [1.165, 1.54) is 122 Å². The molecule has 0 atom stereocenters. The van der Waals surface area contributed by atoms with Gasteiger partial charge >= 0.3 is 0 Å². The van der Waals surface area contributed by atoms with Crippen molar-refractivity contribution >= 4 is 0 Å². The highest BCUT2D eigenvalue weighted by Gasteiger charge is 2.10. The fourth-order valence-electron chi connectivity index (χ4n) is 4.93. The monoisotopic (exact) mass is 555 g/mol. The molecular formula is C33H70N4O2. The number of hydrogen-bond acceptors (Lipinski definition) is 6. The Morgan fingerprint density at radius 2 is 1.05 bits per heavy atom. The third kappa shape index (κ3) is 30.0. The standard InChI is InChI=1S/C33H70N4O2/c1-5-6-7-8-9-10-11-12-13-14-15-16-18-21-25-36(26-22-19-17-20-23-29-38)27-24-28-37(35)30-32(34)31-39-33(2,3)4/h30,38H,5-29,31,34-35H2,1-4H3/b32-30-. The lowest BCUT2D eigenvalue weighted by molar-refractivity contribution is 0.0101. The third-order valence-corrected chi connectivity index (χ3v) is 7.35. The van der Waals surface area contributed by atoms with E-state index >= 15 is 0 Å². The van der Waals surface area contributed by atoms with Crippen LogP contribution in [0.25, 0.3) is 0 Å². The number of nitrogens with zero attached hydrogens (tertiary/aromatic N) is 2. The second-order valence-electron chi connectivity index (χ2n) is 12.6. The van der Waals surface area contributed by atoms with Crippen LogP contribution in [-0.2, 0) is 4.74 Å². The number of hydrazine groups is 1. The van der Waals surface area contributed by atoms with E-state index in [4.69, 9.17) is 21.4 Å². The van der Waals surface area contributed by atoms with Crippen molar-refractivity contribution in [1.29, 1.82) is 0 Å². The molecule has 0 rings (SSSR count). The summed E-state index contributed by atoms with van der Waals surface area (Å²) in [5, 5.41) is 10.7. The Labute approximate surface area is 244 Å². The average molecular weight is 555 g/mol. The van der Waals surface area contributed by atoms with E-state index in [1.54, 1.807) is 5.01 Å². The zero-order valence-corrected chi connectivity index (χ0v) is 26.9. The van der Waals surface area contributed by atoms with Gasteiger partial charge in [0, 0.05) is 19.4 Å². The van der Waals surface area contributed by atoms with Gasteiger partial charge in [-0.1, -0.05) is 110 Å². The van der Waals surface area contributed by atoms with Crippen LogP contribution in [0.3, 0.4) is 0 Å². The fourth-order valence-corrected chi connectivity index (χ4v) is 4.93. The van der Waals surface area contributed by atoms with E-state index in [-0.39, 0.29) is 5.60 Å². The van der Waals surface area contributed by atoms with Crippen LogP contribution in [0.5, 0.6) is 0 Å². The van der Waals surface area contributed by atoms with Crippen molar-refractivity contribution in [2.75, 3.05) is 39.4 Å². The molecule has 234 valence electrons. The van der Waals surface area contributed by atoms with Gasteiger partial charge in [-0.2, -0.15) is 0 Å². The number of ether oxygens (including phenoxy) is 1. The minimum absolute atomic E-state index is 0.205. The van der Waals surface area contributed by atoms with Gasteiger partial charge in [-0.15, -0.1) is 0 Å². The SMILES string of the molecule is CCCCCCCCCCCCCCCCN(CCCCCCCO)CCCN(N)/C=C(\N)COC(C)(C)C. The molecule has 0 aliphatic heterocycles. The fraction of sp³-hybridized carbons (Fsp3) is 0.939. The first-order chi connectivity index (χ1) is 18.8. The molecular weight excluding hydrogens is 484 g/mol. The van der Waals surface area contributed by atoms with Crippen LogP contribution >= 0.6 is 0 Å². The predicted molar refractivity (Wildman–Crippen MR) is 170 cm³/mol. The lowest BCUT2D eigenvalue weighted by Crippen LogP contribution is -2.33. The number of rotatable bonds is 29. The van der Waals surface area contributed by atoms with Crippen molar-refractivity contribution in [3.8, 4) is 0 Å². The van der Waals surface area contributed by atoms with Crippen LogP contribution in [0, 0.1) is 0 Å². The van der Waals surface area contributed by atoms with Crippen LogP contribution in [0.15, 0.2) is 11.9 Å². The number of nitrogens with two attached hydrogens (primary N) is 2. The molecule has 0 amide bonds. The van der Waals surface area contributed by atoms with E-state index in [0.29, 0.717) is 18.9 Å². The number of unbranched alkanes of at least 4 members (excludes halogenated alkanes) is 17. The largest absolute Gasteiger partial charge is 0.399 e. The Kier molecular flexibility index (Phi) is 26.8. The zero-order valence-electron chi connectivity index (χ0n) is 26.9. The van der Waals surface area contributed by atoms with Crippen molar-refractivity contribution in [2.45, 2.75) is 162 Å². The van der Waals surface area contributed by atoms with Gasteiger partial charge < -0.3 is 25.5 Å². The molecule has 0 aromatic carbocycles. The summed E-state index contributed by atoms with van der Waals surface area (Å²) in [6.07, 6.45) is 28.3. The molecule has 0 aliphatic carbocycles. The summed E-state index contributed by atoms with van der Waals surface area (Å²) in [7, 11) is 0. The number of aliphatic hydroxyl groups is 1. The van der Waals surface area contributed by atoms with Crippen LogP contribution in [0.1, 0.15) is 156 Å². The Bertz CT molecular complexity index is 536. The van der Waals surface area contributed by atoms with Crippen LogP contribution in [0.4, 0.5) is 0 Å². The number of hydrogen-bond donors (Lipinski definition) is 3. The van der Waals surface area contributed by atoms with Gasteiger partial charge in [-0.25, -0.2) is 5.84 Å². The first-order valence-electron chi connectivity index (χ1n) is 16.7. The molecule has 0 radical (unpaired) electrons. The van der Waals surface area contributed by atoms with Crippen molar-refractivity contribution < 1.29 is 9.84 Å². The molecule has 0 saturated heterocycles. The minimum atomic E-state index is -0.205. The van der Waals surface area contributed by atoms with Crippen molar-refractivity contribution in [3.63, 3.8) is 0 Å². The summed E-state index contributed by atoms with van der Waals surface area (Å²) < 4.78 is 5.73. The highest BCUT2D eigenvalue weighted by Crippen LogP contribution is 2.14. The summed E-state index contributed by atoms with van der Waals surface area (Å²) in [6.45, 7) is 13.3. The normalized spacial score (nSPS) is 12.5. The van der Waals surface area contributed by atoms with Gasteiger partial charge in [0.05, 0.1) is 17.9 Å². The molecule has 6 heteroatoms. The molecule has 0 aromatic rings. The van der Waals surface area contributed by atoms with Crippen LogP contribution in [0.2, 0.25) is 0 Å². The summed E-state index contributed by atoms with van der Waals surface area (Å²) >= 11 is 0. The van der Waals surface area contributed by atoms with E-state index in [1.807, 2.05) is 27.0 Å². The van der Waals surface area contributed by atoms with Crippen LogP contribution in [-0.4, -0.2) is 60.0 Å². The molecule has 0 unspecified atom stereocenters. The molecule has 0 bridgehead atoms. The molecule has 0 saturated carbocycles. The summed E-state index contributed by atoms with van der Waals surface area (Å²) in [5.41, 5.74) is 6.54. The van der Waals surface area contributed by atoms with E-state index < -0.39 is 0 Å². The Morgan fingerprint density at radius 3 is 1.49 bits per heavy atom. The smallest absolute Gasteiger partial charge is 0.0882 e. The highest BCUT2D eigenvalue weighted by molar-refractivity contribution is 4.95. The quantitative estimate of drug-likeness (QED) is 0.0495. The molecule has 0 aromatic heterocycles. The molecule has 0 aliphatic rings. The topological polar surface area (TPSA) is 88.0 Å². The molecule has 6 nitrogen and oxygen atoms in total. The zero-order chi connectivity index (χ0) is 29.0. The van der Waals surface area contributed by atoms with Crippen molar-refractivity contribution in [1.82, 2.24) is 9.91 Å². The van der Waals surface area contributed by atoms with E-state index in [9.17, 15) is 0 Å². The predicted octanol–water partition coefficient (Wildman–Crippen LogP) is 7.89. The van der Waals surface area contributed by atoms with Gasteiger partial charge in [0.2, 0.25) is 0 Å². The second-order valence-corrected chi connectivity index (χ2v) is 12.6. The number of aliphatic hydroxyl groups excluding tert-OH is 1. The minimum Gasteiger partial charge on any atom is -0.399 e. The van der Waals surface area contributed by atoms with Crippen molar-refractivity contribution in [2.24, 2.45) is 11.6 Å². The highest BCUT2D eigenvalue weighted by atomic mass is 16.5. The summed E-state index contributed by atoms with van der Waals surface area (Å²) in [6, 6.07) is 0. The maximum absolute atomic E-state index is 8.99. The molecule has 0 fully saturated rings. The maximum Gasteiger partial charge on any atom is 0.0882 e. The lowest BCUT2D eigenvalue weighted by atomic mass is 10.0. The summed E-state index contributed by atoms with van der Waals surface area (Å²) in [4.78, 5) is 2.64. The Morgan fingerprint density at radius 1 is 0.641 bits per heavy atom. The van der Waals surface area contributed by atoms with Crippen LogP contribution < -0.4 is 11.6 Å². The van der Waals surface area contributed by atoms with Gasteiger partial charge in [0.1, 0.15) is 0 Å². The lowest BCUT2D eigenvalue weighted by Gasteiger charge is -2.24. The average Bonchev–Trinajstić information content (AvgIpc) is 2.88. The van der Waals surface area contributed by atoms with Gasteiger partial charge in [-0.05, 0) is 66.1 Å². The Balaban J connectivity index is 4.09. The molecule has 39 heavy (non-hydrogen) atoms. The van der Waals surface area contributed by atoms with Gasteiger partial charge in [0.15, 0.2) is 0 Å². The Hall–Kier alpha value is -0.820. The van der Waals surface area contributed by atoms with Gasteiger partial charge in [-0.3, -0.25) is 0 Å². The van der Waals surface area contributed by atoms with E-state index in [0.717, 1.165) is 32.4 Å².